The summed E-state index contributed by atoms with van der Waals surface area (Å²) in [6.07, 6.45) is 0. The molecule has 10 heavy (non-hydrogen) atoms. The van der Waals surface area contributed by atoms with Gasteiger partial charge in [0.1, 0.15) is 0 Å². The summed E-state index contributed by atoms with van der Waals surface area (Å²) in [7, 11) is -4.32. The summed E-state index contributed by atoms with van der Waals surface area (Å²) >= 11 is 0. The zero-order chi connectivity index (χ0) is 8.60. The fourth-order valence-corrected chi connectivity index (χ4v) is 1.79. The summed E-state index contributed by atoms with van der Waals surface area (Å²) in [5, 5.41) is 0. The molecule has 0 amide bonds. The SMILES string of the molecule is CC(C)P(O)(O)(O)C(C)C. The van der Waals surface area contributed by atoms with Gasteiger partial charge in [0.2, 0.25) is 0 Å². The molecule has 0 aliphatic carbocycles. The summed E-state index contributed by atoms with van der Waals surface area (Å²) in [6, 6.07) is 0. The van der Waals surface area contributed by atoms with E-state index >= 15 is 0 Å². The minimum atomic E-state index is -4.32. The van der Waals surface area contributed by atoms with Gasteiger partial charge in [-0.15, -0.1) is 0 Å². The van der Waals surface area contributed by atoms with Crippen molar-refractivity contribution in [1.82, 2.24) is 0 Å². The normalized spacial score (nSPS) is 17.5. The predicted octanol–water partition coefficient (Wildman–Crippen LogP) is 1.08. The minimum absolute atomic E-state index is 0.467. The van der Waals surface area contributed by atoms with Crippen molar-refractivity contribution in [2.75, 3.05) is 0 Å². The molecule has 0 rings (SSSR count). The summed E-state index contributed by atoms with van der Waals surface area (Å²) in [6.45, 7) is 6.44. The molecule has 0 aliphatic rings. The number of hydrogen-bond acceptors (Lipinski definition) is 3. The predicted molar refractivity (Wildman–Crippen MR) is 43.8 cm³/mol. The molecule has 0 radical (unpaired) electrons. The van der Waals surface area contributed by atoms with Gasteiger partial charge in [-0.2, -0.15) is 0 Å². The van der Waals surface area contributed by atoms with Gasteiger partial charge >= 0.3 is 61.0 Å². The van der Waals surface area contributed by atoms with Crippen LogP contribution < -0.4 is 0 Å². The summed E-state index contributed by atoms with van der Waals surface area (Å²) in [5.41, 5.74) is -0.933. The molecule has 0 aromatic rings. The van der Waals surface area contributed by atoms with Crippen LogP contribution in [0.1, 0.15) is 27.7 Å². The van der Waals surface area contributed by atoms with Gasteiger partial charge < -0.3 is 0 Å². The van der Waals surface area contributed by atoms with E-state index in [1.807, 2.05) is 0 Å². The van der Waals surface area contributed by atoms with E-state index in [1.54, 1.807) is 27.7 Å². The molecular formula is C6H17O3P. The molecule has 0 atom stereocenters. The monoisotopic (exact) mass is 168 g/mol. The van der Waals surface area contributed by atoms with Gasteiger partial charge in [0.15, 0.2) is 0 Å². The van der Waals surface area contributed by atoms with Crippen LogP contribution in [0.3, 0.4) is 0 Å². The van der Waals surface area contributed by atoms with E-state index < -0.39 is 18.6 Å². The van der Waals surface area contributed by atoms with Crippen LogP contribution in [0.2, 0.25) is 0 Å². The Morgan fingerprint density at radius 3 is 1.00 bits per heavy atom. The Hall–Kier alpha value is 0.310. The molecule has 3 N–H and O–H groups in total. The van der Waals surface area contributed by atoms with Gasteiger partial charge in [0.05, 0.1) is 0 Å². The summed E-state index contributed by atoms with van der Waals surface area (Å²) < 4.78 is 0. The third kappa shape index (κ3) is 1.67. The molecular weight excluding hydrogens is 151 g/mol. The van der Waals surface area contributed by atoms with Crippen molar-refractivity contribution in [2.45, 2.75) is 39.0 Å². The van der Waals surface area contributed by atoms with Crippen molar-refractivity contribution in [3.8, 4) is 0 Å². The van der Waals surface area contributed by atoms with Crippen molar-refractivity contribution in [3.05, 3.63) is 0 Å². The van der Waals surface area contributed by atoms with Crippen LogP contribution >= 0.6 is 7.28 Å². The van der Waals surface area contributed by atoms with E-state index in [-0.39, 0.29) is 0 Å². The second kappa shape index (κ2) is 2.42. The fraction of sp³-hybridized carbons (Fsp3) is 1.00. The Morgan fingerprint density at radius 1 is 0.800 bits per heavy atom. The first-order valence-corrected chi connectivity index (χ1v) is 5.66. The molecule has 0 aromatic heterocycles. The van der Waals surface area contributed by atoms with Crippen LogP contribution in [0.4, 0.5) is 0 Å². The molecule has 0 saturated heterocycles. The Bertz CT molecular complexity index is 111. The van der Waals surface area contributed by atoms with E-state index in [9.17, 15) is 14.7 Å². The van der Waals surface area contributed by atoms with Crippen molar-refractivity contribution in [3.63, 3.8) is 0 Å². The van der Waals surface area contributed by atoms with E-state index in [0.717, 1.165) is 0 Å². The van der Waals surface area contributed by atoms with Gasteiger partial charge in [-0.1, -0.05) is 0 Å². The molecule has 0 heterocycles. The molecule has 0 spiro atoms. The van der Waals surface area contributed by atoms with E-state index in [2.05, 4.69) is 0 Å². The van der Waals surface area contributed by atoms with Crippen molar-refractivity contribution in [1.29, 1.82) is 0 Å². The summed E-state index contributed by atoms with van der Waals surface area (Å²) in [4.78, 5) is 28.1. The molecule has 64 valence electrons. The van der Waals surface area contributed by atoms with Gasteiger partial charge in [-0.25, -0.2) is 0 Å². The Morgan fingerprint density at radius 2 is 1.00 bits per heavy atom. The van der Waals surface area contributed by atoms with Crippen LogP contribution in [-0.4, -0.2) is 26.0 Å². The van der Waals surface area contributed by atoms with Crippen LogP contribution in [0.25, 0.3) is 0 Å². The topological polar surface area (TPSA) is 60.7 Å². The third-order valence-corrected chi connectivity index (χ3v) is 5.95. The zero-order valence-corrected chi connectivity index (χ0v) is 7.84. The molecule has 0 aromatic carbocycles. The van der Waals surface area contributed by atoms with Crippen LogP contribution in [0.5, 0.6) is 0 Å². The average molecular weight is 168 g/mol. The van der Waals surface area contributed by atoms with Gasteiger partial charge in [0, 0.05) is 0 Å². The van der Waals surface area contributed by atoms with Crippen LogP contribution in [-0.2, 0) is 0 Å². The standard InChI is InChI=1S/C6H17O3P/c1-5(2)10(7,8,9)6(3)4/h5-9H,1-4H3. The molecule has 4 heteroatoms. The third-order valence-electron chi connectivity index (χ3n) is 1.98. The number of hydrogen-bond donors (Lipinski definition) is 3. The Labute approximate surface area is 61.9 Å². The van der Waals surface area contributed by atoms with E-state index in [1.165, 1.54) is 0 Å². The fourth-order valence-electron chi connectivity index (χ4n) is 0.596. The molecule has 0 aliphatic heterocycles. The Balaban J connectivity index is 4.59. The van der Waals surface area contributed by atoms with Gasteiger partial charge in [-0.05, 0) is 0 Å². The van der Waals surface area contributed by atoms with Crippen molar-refractivity contribution >= 4 is 7.28 Å². The maximum atomic E-state index is 9.38. The van der Waals surface area contributed by atoms with E-state index in [0.29, 0.717) is 0 Å². The maximum absolute atomic E-state index is 9.38. The number of rotatable bonds is 2. The molecule has 3 nitrogen and oxygen atoms in total. The first-order chi connectivity index (χ1) is 4.17. The van der Waals surface area contributed by atoms with E-state index in [4.69, 9.17) is 0 Å². The van der Waals surface area contributed by atoms with Crippen LogP contribution in [0.15, 0.2) is 0 Å². The van der Waals surface area contributed by atoms with Crippen LogP contribution in [0, 0.1) is 0 Å². The van der Waals surface area contributed by atoms with Gasteiger partial charge in [-0.3, -0.25) is 0 Å². The average Bonchev–Trinajstić information content (AvgIpc) is 1.63. The molecule has 0 fully saturated rings. The second-order valence-electron chi connectivity index (χ2n) is 3.30. The summed E-state index contributed by atoms with van der Waals surface area (Å²) in [5.74, 6) is 0. The van der Waals surface area contributed by atoms with Crippen molar-refractivity contribution in [2.24, 2.45) is 0 Å². The van der Waals surface area contributed by atoms with Gasteiger partial charge in [0.25, 0.3) is 0 Å². The first-order valence-electron chi connectivity index (χ1n) is 3.43. The second-order valence-corrected chi connectivity index (χ2v) is 7.58. The quantitative estimate of drug-likeness (QED) is 0.540. The van der Waals surface area contributed by atoms with Crippen molar-refractivity contribution < 1.29 is 14.7 Å². The molecule has 0 bridgehead atoms. The first kappa shape index (κ1) is 10.3. The zero-order valence-electron chi connectivity index (χ0n) is 6.94. The Kier molecular flexibility index (Phi) is 2.49. The molecule has 0 saturated carbocycles. The molecule has 0 unspecified atom stereocenters.